The summed E-state index contributed by atoms with van der Waals surface area (Å²) in [5.74, 6) is 1.50. The Hall–Kier alpha value is -3.62. The third kappa shape index (κ3) is 8.73. The number of hydrogen-bond acceptors (Lipinski definition) is 4. The van der Waals surface area contributed by atoms with Crippen molar-refractivity contribution < 1.29 is 19.1 Å². The van der Waals surface area contributed by atoms with Crippen LogP contribution in [0.5, 0.6) is 11.5 Å². The van der Waals surface area contributed by atoms with E-state index in [1.54, 1.807) is 0 Å². The highest BCUT2D eigenvalue weighted by Crippen LogP contribution is 2.32. The number of halogens is 2. The normalized spacial score (nSPS) is 11.0. The third-order valence-electron chi connectivity index (χ3n) is 7.24. The van der Waals surface area contributed by atoms with Crippen molar-refractivity contribution in [1.82, 2.24) is 0 Å². The minimum atomic E-state index is -0.223. The number of benzene rings is 4. The van der Waals surface area contributed by atoms with Crippen molar-refractivity contribution in [3.8, 4) is 22.6 Å². The van der Waals surface area contributed by atoms with Crippen molar-refractivity contribution in [1.29, 1.82) is 0 Å². The van der Waals surface area contributed by atoms with Crippen molar-refractivity contribution in [2.24, 2.45) is 0 Å². The first-order chi connectivity index (χ1) is 20.9. The van der Waals surface area contributed by atoms with Gasteiger partial charge >= 0.3 is 0 Å². The van der Waals surface area contributed by atoms with E-state index in [-0.39, 0.29) is 36.9 Å². The molecule has 0 unspecified atom stereocenters. The molecule has 4 aromatic carbocycles. The molecule has 4 aromatic rings. The van der Waals surface area contributed by atoms with E-state index in [0.29, 0.717) is 11.5 Å². The molecule has 0 aromatic heterocycles. The minimum Gasteiger partial charge on any atom is -0.483 e. The molecule has 0 saturated heterocycles. The van der Waals surface area contributed by atoms with Gasteiger partial charge in [0, 0.05) is 20.3 Å². The van der Waals surface area contributed by atoms with Crippen molar-refractivity contribution in [3.63, 3.8) is 0 Å². The highest BCUT2D eigenvalue weighted by molar-refractivity contribution is 9.10. The first-order valence-corrected chi connectivity index (χ1v) is 16.2. The Balaban J connectivity index is 1.35. The van der Waals surface area contributed by atoms with Gasteiger partial charge < -0.3 is 20.1 Å². The fourth-order valence-corrected chi connectivity index (χ4v) is 5.59. The topological polar surface area (TPSA) is 76.7 Å². The number of hydrogen-bond donors (Lipinski definition) is 2. The quantitative estimate of drug-likeness (QED) is 0.162. The predicted octanol–water partition coefficient (Wildman–Crippen LogP) is 9.78. The van der Waals surface area contributed by atoms with Gasteiger partial charge in [0.05, 0.1) is 0 Å². The Labute approximate surface area is 276 Å². The van der Waals surface area contributed by atoms with Crippen LogP contribution in [0.15, 0.2) is 81.7 Å². The monoisotopic (exact) mass is 720 g/mol. The Morgan fingerprint density at radius 1 is 0.614 bits per heavy atom. The van der Waals surface area contributed by atoms with E-state index in [9.17, 15) is 9.59 Å². The van der Waals surface area contributed by atoms with Crippen LogP contribution in [0.2, 0.25) is 0 Å². The maximum atomic E-state index is 12.7. The molecule has 4 rings (SSSR count). The first-order valence-electron chi connectivity index (χ1n) is 14.6. The number of nitrogens with one attached hydrogen (secondary N) is 2. The summed E-state index contributed by atoms with van der Waals surface area (Å²) in [7, 11) is 0. The summed E-state index contributed by atoms with van der Waals surface area (Å²) in [4.78, 5) is 25.4. The summed E-state index contributed by atoms with van der Waals surface area (Å²) >= 11 is 7.00. The first kappa shape index (κ1) is 33.3. The van der Waals surface area contributed by atoms with Gasteiger partial charge in [-0.05, 0) is 120 Å². The molecule has 0 bridgehead atoms. The van der Waals surface area contributed by atoms with E-state index >= 15 is 0 Å². The molecule has 0 aliphatic carbocycles. The minimum absolute atomic E-state index is 0.0814. The summed E-state index contributed by atoms with van der Waals surface area (Å²) in [6.07, 6.45) is 0. The number of carbonyl (C=O) groups excluding carboxylic acids is 2. The van der Waals surface area contributed by atoms with Gasteiger partial charge in [-0.15, -0.1) is 0 Å². The van der Waals surface area contributed by atoms with E-state index in [0.717, 1.165) is 53.7 Å². The molecule has 2 N–H and O–H groups in total. The molecule has 44 heavy (non-hydrogen) atoms. The molecule has 230 valence electrons. The summed E-state index contributed by atoms with van der Waals surface area (Å²) in [6.45, 7) is 12.1. The lowest BCUT2D eigenvalue weighted by molar-refractivity contribution is -0.118. The SMILES string of the molecule is Cc1cc(-c2ccc(NC(=O)COc3ccc(Br)cc3C(C)C)c(C)c2)ccc1NC(=O)COc1ccc(Br)cc1C(C)C. The number of aryl methyl sites for hydroxylation is 2. The number of amides is 2. The number of rotatable bonds is 11. The van der Waals surface area contributed by atoms with Crippen molar-refractivity contribution in [2.75, 3.05) is 23.8 Å². The molecular formula is C36H38Br2N2O4. The van der Waals surface area contributed by atoms with E-state index in [1.807, 2.05) is 86.6 Å². The number of carbonyl (C=O) groups is 2. The molecule has 0 saturated carbocycles. The fourth-order valence-electron chi connectivity index (χ4n) is 4.83. The summed E-state index contributed by atoms with van der Waals surface area (Å²) in [6, 6.07) is 23.4. The van der Waals surface area contributed by atoms with Crippen LogP contribution in [0.4, 0.5) is 11.4 Å². The standard InChI is InChI=1S/C36H38Br2N2O4/c1-21(2)29-17-27(37)9-13-33(29)43-19-35(41)39-31-11-7-25(15-23(31)5)26-8-12-32(24(6)16-26)40-36(42)20-44-34-14-10-28(38)18-30(34)22(3)4/h7-18,21-22H,19-20H2,1-6H3,(H,39,41)(H,40,42). The van der Waals surface area contributed by atoms with Crippen LogP contribution in [0.3, 0.4) is 0 Å². The van der Waals surface area contributed by atoms with Gasteiger partial charge in [0.2, 0.25) is 0 Å². The molecule has 2 amide bonds. The zero-order valence-corrected chi connectivity index (χ0v) is 29.1. The smallest absolute Gasteiger partial charge is 0.262 e. The van der Waals surface area contributed by atoms with Crippen LogP contribution in [-0.4, -0.2) is 25.0 Å². The van der Waals surface area contributed by atoms with Crippen molar-refractivity contribution in [3.05, 3.63) is 104 Å². The molecule has 0 spiro atoms. The van der Waals surface area contributed by atoms with Gasteiger partial charge in [-0.25, -0.2) is 0 Å². The number of anilines is 2. The van der Waals surface area contributed by atoms with Crippen LogP contribution in [0, 0.1) is 13.8 Å². The van der Waals surface area contributed by atoms with Gasteiger partial charge in [-0.2, -0.15) is 0 Å². The third-order valence-corrected chi connectivity index (χ3v) is 8.23. The van der Waals surface area contributed by atoms with Crippen LogP contribution in [0.1, 0.15) is 61.8 Å². The van der Waals surface area contributed by atoms with E-state index in [2.05, 4.69) is 70.2 Å². The second kappa shape index (κ2) is 14.9. The van der Waals surface area contributed by atoms with Gasteiger partial charge in [0.1, 0.15) is 11.5 Å². The molecule has 6 nitrogen and oxygen atoms in total. The van der Waals surface area contributed by atoms with E-state index in [4.69, 9.17) is 9.47 Å². The molecule has 0 aliphatic heterocycles. The molecule has 0 fully saturated rings. The Morgan fingerprint density at radius 3 is 1.34 bits per heavy atom. The summed E-state index contributed by atoms with van der Waals surface area (Å²) in [5, 5.41) is 5.92. The summed E-state index contributed by atoms with van der Waals surface area (Å²) in [5.41, 5.74) is 7.43. The molecule has 0 atom stereocenters. The van der Waals surface area contributed by atoms with Gasteiger partial charge in [-0.3, -0.25) is 9.59 Å². The van der Waals surface area contributed by atoms with E-state index < -0.39 is 0 Å². The molecular weight excluding hydrogens is 684 g/mol. The maximum absolute atomic E-state index is 12.7. The fraction of sp³-hybridized carbons (Fsp3) is 0.278. The summed E-state index contributed by atoms with van der Waals surface area (Å²) < 4.78 is 13.7. The maximum Gasteiger partial charge on any atom is 0.262 e. The zero-order valence-electron chi connectivity index (χ0n) is 25.9. The van der Waals surface area contributed by atoms with Crippen LogP contribution < -0.4 is 20.1 Å². The Morgan fingerprint density at radius 2 is 1.00 bits per heavy atom. The lowest BCUT2D eigenvalue weighted by Crippen LogP contribution is -2.21. The average molecular weight is 723 g/mol. The second-order valence-corrected chi connectivity index (χ2v) is 13.2. The lowest BCUT2D eigenvalue weighted by atomic mass is 10.00. The van der Waals surface area contributed by atoms with Crippen LogP contribution >= 0.6 is 31.9 Å². The largest absolute Gasteiger partial charge is 0.483 e. The molecule has 0 heterocycles. The van der Waals surface area contributed by atoms with Crippen molar-refractivity contribution >= 4 is 55.0 Å². The van der Waals surface area contributed by atoms with Crippen molar-refractivity contribution in [2.45, 2.75) is 53.4 Å². The number of ether oxygens (including phenoxy) is 2. The highest BCUT2D eigenvalue weighted by Gasteiger charge is 2.14. The Bertz CT molecular complexity index is 1540. The Kier molecular flexibility index (Phi) is 11.3. The molecule has 8 heteroatoms. The average Bonchev–Trinajstić information content (AvgIpc) is 2.97. The van der Waals surface area contributed by atoms with Crippen LogP contribution in [-0.2, 0) is 9.59 Å². The molecule has 0 radical (unpaired) electrons. The predicted molar refractivity (Wildman–Crippen MR) is 186 cm³/mol. The van der Waals surface area contributed by atoms with Gasteiger partial charge in [0.25, 0.3) is 11.8 Å². The highest BCUT2D eigenvalue weighted by atomic mass is 79.9. The van der Waals surface area contributed by atoms with Gasteiger partial charge in [-0.1, -0.05) is 71.7 Å². The van der Waals surface area contributed by atoms with Crippen LogP contribution in [0.25, 0.3) is 11.1 Å². The van der Waals surface area contributed by atoms with Gasteiger partial charge in [0.15, 0.2) is 13.2 Å². The second-order valence-electron chi connectivity index (χ2n) is 11.4. The zero-order chi connectivity index (χ0) is 32.0. The molecule has 0 aliphatic rings. The van der Waals surface area contributed by atoms with E-state index in [1.165, 1.54) is 0 Å². The lowest BCUT2D eigenvalue weighted by Gasteiger charge is -2.16.